The van der Waals surface area contributed by atoms with Crippen molar-refractivity contribution in [2.24, 2.45) is 5.92 Å². The number of carbonyl (C=O) groups is 1. The molecule has 0 radical (unpaired) electrons. The Kier molecular flexibility index (Phi) is 6.20. The summed E-state index contributed by atoms with van der Waals surface area (Å²) in [5.41, 5.74) is 0.357. The van der Waals surface area contributed by atoms with Crippen LogP contribution in [0.25, 0.3) is 0 Å². The molecule has 0 atom stereocenters. The Morgan fingerprint density at radius 1 is 1.12 bits per heavy atom. The maximum atomic E-state index is 10.5. The van der Waals surface area contributed by atoms with E-state index in [1.807, 2.05) is 0 Å². The van der Waals surface area contributed by atoms with Crippen molar-refractivity contribution in [3.63, 3.8) is 0 Å². The van der Waals surface area contributed by atoms with Crippen LogP contribution in [0.2, 0.25) is 0 Å². The number of carboxylic acids is 1. The summed E-state index contributed by atoms with van der Waals surface area (Å²) in [5, 5.41) is 8.63. The van der Waals surface area contributed by atoms with E-state index in [2.05, 4.69) is 6.58 Å². The Balaban J connectivity index is 1.88. The lowest BCUT2D eigenvalue weighted by Crippen LogP contribution is -1.98. The first kappa shape index (κ1) is 13.3. The maximum absolute atomic E-state index is 10.5. The minimum Gasteiger partial charge on any atom is -0.478 e. The maximum Gasteiger partial charge on any atom is 0.330 e. The largest absolute Gasteiger partial charge is 0.478 e. The van der Waals surface area contributed by atoms with Crippen molar-refractivity contribution in [3.8, 4) is 0 Å². The predicted octanol–water partition coefficient (Wildman–Crippen LogP) is 4.16. The molecule has 0 bridgehead atoms. The minimum atomic E-state index is -0.842. The van der Waals surface area contributed by atoms with Gasteiger partial charge in [-0.25, -0.2) is 4.79 Å². The Morgan fingerprint density at radius 3 is 2.38 bits per heavy atom. The number of hydrogen-bond donors (Lipinski definition) is 1. The van der Waals surface area contributed by atoms with Crippen molar-refractivity contribution in [3.05, 3.63) is 12.2 Å². The van der Waals surface area contributed by atoms with Crippen molar-refractivity contribution >= 4 is 5.97 Å². The van der Waals surface area contributed by atoms with Crippen LogP contribution in [0.15, 0.2) is 12.2 Å². The van der Waals surface area contributed by atoms with Gasteiger partial charge >= 0.3 is 5.97 Å². The molecule has 1 rings (SSSR count). The van der Waals surface area contributed by atoms with Crippen molar-refractivity contribution < 1.29 is 9.90 Å². The molecule has 0 spiro atoms. The van der Waals surface area contributed by atoms with E-state index in [9.17, 15) is 4.79 Å². The fraction of sp³-hybridized carbons (Fsp3) is 0.786. The van der Waals surface area contributed by atoms with Crippen LogP contribution >= 0.6 is 0 Å². The molecule has 1 aliphatic rings. The second-order valence-electron chi connectivity index (χ2n) is 5.01. The number of unbranched alkanes of at least 4 members (excludes halogenated alkanes) is 3. The van der Waals surface area contributed by atoms with Crippen LogP contribution in [0, 0.1) is 5.92 Å². The summed E-state index contributed by atoms with van der Waals surface area (Å²) >= 11 is 0. The van der Waals surface area contributed by atoms with Gasteiger partial charge in [0.25, 0.3) is 0 Å². The van der Waals surface area contributed by atoms with Gasteiger partial charge in [-0.2, -0.15) is 0 Å². The average Bonchev–Trinajstić information content (AvgIpc) is 2.75. The van der Waals surface area contributed by atoms with Gasteiger partial charge in [-0.1, -0.05) is 57.9 Å². The monoisotopic (exact) mass is 224 g/mol. The zero-order chi connectivity index (χ0) is 11.8. The highest BCUT2D eigenvalue weighted by Gasteiger charge is 2.13. The average molecular weight is 224 g/mol. The Morgan fingerprint density at radius 2 is 1.75 bits per heavy atom. The van der Waals surface area contributed by atoms with Crippen molar-refractivity contribution in [1.82, 2.24) is 0 Å². The van der Waals surface area contributed by atoms with Crippen LogP contribution in [0.5, 0.6) is 0 Å². The molecule has 2 nitrogen and oxygen atoms in total. The Bertz CT molecular complexity index is 227. The van der Waals surface area contributed by atoms with Gasteiger partial charge in [-0.05, 0) is 18.8 Å². The van der Waals surface area contributed by atoms with Gasteiger partial charge in [-0.3, -0.25) is 0 Å². The molecule has 0 amide bonds. The van der Waals surface area contributed by atoms with Crippen LogP contribution in [0.4, 0.5) is 0 Å². The van der Waals surface area contributed by atoms with Gasteiger partial charge in [0.05, 0.1) is 0 Å². The Hall–Kier alpha value is -0.790. The number of carboxylic acid groups (broad SMARTS) is 1. The van der Waals surface area contributed by atoms with E-state index in [0.717, 1.165) is 18.8 Å². The highest BCUT2D eigenvalue weighted by molar-refractivity contribution is 5.85. The molecule has 0 aromatic heterocycles. The molecule has 16 heavy (non-hydrogen) atoms. The van der Waals surface area contributed by atoms with Crippen molar-refractivity contribution in [2.45, 2.75) is 64.2 Å². The summed E-state index contributed by atoms with van der Waals surface area (Å²) in [4.78, 5) is 10.5. The summed E-state index contributed by atoms with van der Waals surface area (Å²) in [6.07, 6.45) is 12.5. The van der Waals surface area contributed by atoms with Crippen molar-refractivity contribution in [2.75, 3.05) is 0 Å². The second-order valence-corrected chi connectivity index (χ2v) is 5.01. The van der Waals surface area contributed by atoms with E-state index in [-0.39, 0.29) is 0 Å². The van der Waals surface area contributed by atoms with E-state index in [1.54, 1.807) is 0 Å². The van der Waals surface area contributed by atoms with Crippen LogP contribution in [-0.4, -0.2) is 11.1 Å². The summed E-state index contributed by atoms with van der Waals surface area (Å²) in [6, 6.07) is 0. The first-order chi connectivity index (χ1) is 7.70. The first-order valence-electron chi connectivity index (χ1n) is 6.61. The normalized spacial score (nSPS) is 16.5. The fourth-order valence-electron chi connectivity index (χ4n) is 2.53. The molecule has 0 aromatic rings. The standard InChI is InChI=1S/C14H24O2/c1-12(14(15)16)8-4-2-3-5-9-13-10-6-7-11-13/h13H,1-11H2,(H,15,16). The van der Waals surface area contributed by atoms with Gasteiger partial charge in [0.1, 0.15) is 0 Å². The minimum absolute atomic E-state index is 0.357. The molecule has 0 heterocycles. The molecule has 2 heteroatoms. The summed E-state index contributed by atoms with van der Waals surface area (Å²) in [5.74, 6) is 0.153. The van der Waals surface area contributed by atoms with E-state index in [0.29, 0.717) is 12.0 Å². The zero-order valence-corrected chi connectivity index (χ0v) is 10.2. The summed E-state index contributed by atoms with van der Waals surface area (Å²) in [6.45, 7) is 3.54. The number of rotatable bonds is 8. The lowest BCUT2D eigenvalue weighted by Gasteiger charge is -2.07. The van der Waals surface area contributed by atoms with Crippen LogP contribution < -0.4 is 0 Å². The molecular formula is C14H24O2. The van der Waals surface area contributed by atoms with Crippen LogP contribution in [0.1, 0.15) is 64.2 Å². The molecule has 1 saturated carbocycles. The molecule has 1 N–H and O–H groups in total. The van der Waals surface area contributed by atoms with E-state index in [4.69, 9.17) is 5.11 Å². The SMILES string of the molecule is C=C(CCCCCCC1CCCC1)C(=O)O. The lowest BCUT2D eigenvalue weighted by molar-refractivity contribution is -0.132. The van der Waals surface area contributed by atoms with Gasteiger partial charge in [0, 0.05) is 5.57 Å². The highest BCUT2D eigenvalue weighted by Crippen LogP contribution is 2.29. The lowest BCUT2D eigenvalue weighted by atomic mass is 9.99. The second kappa shape index (κ2) is 7.48. The summed E-state index contributed by atoms with van der Waals surface area (Å²) < 4.78 is 0. The molecule has 1 aliphatic carbocycles. The molecule has 0 aromatic carbocycles. The molecule has 0 saturated heterocycles. The molecule has 0 unspecified atom stereocenters. The third-order valence-corrected chi connectivity index (χ3v) is 3.62. The highest BCUT2D eigenvalue weighted by atomic mass is 16.4. The molecule has 0 aliphatic heterocycles. The number of hydrogen-bond acceptors (Lipinski definition) is 1. The van der Waals surface area contributed by atoms with Gasteiger partial charge in [-0.15, -0.1) is 0 Å². The first-order valence-corrected chi connectivity index (χ1v) is 6.61. The van der Waals surface area contributed by atoms with Crippen LogP contribution in [0.3, 0.4) is 0 Å². The van der Waals surface area contributed by atoms with Gasteiger partial charge < -0.3 is 5.11 Å². The van der Waals surface area contributed by atoms with E-state index >= 15 is 0 Å². The summed E-state index contributed by atoms with van der Waals surface area (Å²) in [7, 11) is 0. The Labute approximate surface area is 98.7 Å². The quantitative estimate of drug-likeness (QED) is 0.496. The zero-order valence-electron chi connectivity index (χ0n) is 10.2. The fourth-order valence-corrected chi connectivity index (χ4v) is 2.53. The van der Waals surface area contributed by atoms with Gasteiger partial charge in [0.2, 0.25) is 0 Å². The molecule has 92 valence electrons. The molecule has 1 fully saturated rings. The smallest absolute Gasteiger partial charge is 0.330 e. The van der Waals surface area contributed by atoms with E-state index in [1.165, 1.54) is 44.9 Å². The third kappa shape index (κ3) is 5.34. The topological polar surface area (TPSA) is 37.3 Å². The van der Waals surface area contributed by atoms with Gasteiger partial charge in [0.15, 0.2) is 0 Å². The third-order valence-electron chi connectivity index (χ3n) is 3.62. The van der Waals surface area contributed by atoms with Crippen molar-refractivity contribution in [1.29, 1.82) is 0 Å². The van der Waals surface area contributed by atoms with E-state index < -0.39 is 5.97 Å². The number of aliphatic carboxylic acids is 1. The predicted molar refractivity (Wildman–Crippen MR) is 66.4 cm³/mol. The van der Waals surface area contributed by atoms with Crippen LogP contribution in [-0.2, 0) is 4.79 Å². The molecular weight excluding hydrogens is 200 g/mol.